The summed E-state index contributed by atoms with van der Waals surface area (Å²) in [6.45, 7) is 2.27. The Labute approximate surface area is 103 Å². The smallest absolute Gasteiger partial charge is 0.149 e. The zero-order chi connectivity index (χ0) is 10.7. The van der Waals surface area contributed by atoms with E-state index >= 15 is 0 Å². The second kappa shape index (κ2) is 2.83. The molecule has 2 aliphatic carbocycles. The van der Waals surface area contributed by atoms with Crippen LogP contribution in [0.5, 0.6) is 0 Å². The molecule has 0 saturated heterocycles. The zero-order valence-corrected chi connectivity index (χ0v) is 10.7. The van der Waals surface area contributed by atoms with Gasteiger partial charge >= 0.3 is 0 Å². The van der Waals surface area contributed by atoms with Gasteiger partial charge in [0, 0.05) is 11.8 Å². The average Bonchev–Trinajstić information content (AvgIpc) is 2.74. The maximum atomic E-state index is 6.62. The van der Waals surface area contributed by atoms with Gasteiger partial charge in [-0.1, -0.05) is 40.5 Å². The molecule has 80 valence electrons. The second-order valence-corrected chi connectivity index (χ2v) is 6.84. The van der Waals surface area contributed by atoms with Gasteiger partial charge in [-0.05, 0) is 29.9 Å². The van der Waals surface area contributed by atoms with E-state index in [-0.39, 0.29) is 5.41 Å². The molecule has 2 N–H and O–H groups in total. The topological polar surface area (TPSA) is 24.1 Å². The lowest BCUT2D eigenvalue weighted by Gasteiger charge is -2.32. The Morgan fingerprint density at radius 1 is 1.40 bits per heavy atom. The van der Waals surface area contributed by atoms with E-state index < -0.39 is 3.78 Å². The van der Waals surface area contributed by atoms with Crippen molar-refractivity contribution < 1.29 is 0 Å². The number of allylic oxidation sites excluding steroid dienone is 4. The van der Waals surface area contributed by atoms with Crippen molar-refractivity contribution in [2.45, 2.75) is 23.5 Å². The number of alkyl halides is 2. The number of hydrazine groups is 1. The Morgan fingerprint density at radius 3 is 2.80 bits per heavy atom. The first-order valence-corrected chi connectivity index (χ1v) is 6.24. The SMILES string of the molecule is CC1(C2=CC=C3NNC=C3C2(Cl)Br)CC1. The molecule has 1 heterocycles. The Kier molecular flexibility index (Phi) is 1.85. The largest absolute Gasteiger partial charge is 0.308 e. The van der Waals surface area contributed by atoms with Crippen LogP contribution in [0.2, 0.25) is 0 Å². The van der Waals surface area contributed by atoms with Gasteiger partial charge in [-0.15, -0.1) is 0 Å². The third-order valence-corrected chi connectivity index (χ3v) is 4.72. The molecule has 4 heteroatoms. The molecule has 0 radical (unpaired) electrons. The molecule has 0 bridgehead atoms. The quantitative estimate of drug-likeness (QED) is 0.725. The van der Waals surface area contributed by atoms with Crippen molar-refractivity contribution in [3.8, 4) is 0 Å². The van der Waals surface area contributed by atoms with Crippen LogP contribution in [0.3, 0.4) is 0 Å². The molecule has 1 atom stereocenters. The minimum absolute atomic E-state index is 0.288. The van der Waals surface area contributed by atoms with E-state index in [0.29, 0.717) is 0 Å². The standard InChI is InChI=1S/C11H12BrClN2/c1-10(4-5-10)9-3-2-8-7(6-14-15-8)11(9,12)13/h2-3,6,14-15H,4-5H2,1H3. The summed E-state index contributed by atoms with van der Waals surface area (Å²) in [5, 5.41) is 0. The van der Waals surface area contributed by atoms with Gasteiger partial charge in [0.05, 0.1) is 5.70 Å². The molecule has 3 aliphatic rings. The van der Waals surface area contributed by atoms with Crippen LogP contribution in [0, 0.1) is 5.41 Å². The highest BCUT2D eigenvalue weighted by atomic mass is 79.9. The lowest BCUT2D eigenvalue weighted by atomic mass is 9.87. The van der Waals surface area contributed by atoms with Crippen molar-refractivity contribution in [3.05, 3.63) is 35.2 Å². The fourth-order valence-corrected chi connectivity index (χ4v) is 3.56. The van der Waals surface area contributed by atoms with Crippen LogP contribution in [0.25, 0.3) is 0 Å². The highest BCUT2D eigenvalue weighted by molar-refractivity contribution is 9.10. The first-order chi connectivity index (χ1) is 7.04. The van der Waals surface area contributed by atoms with Crippen molar-refractivity contribution >= 4 is 27.5 Å². The predicted octanol–water partition coefficient (Wildman–Crippen LogP) is 2.93. The van der Waals surface area contributed by atoms with E-state index in [1.165, 1.54) is 18.4 Å². The summed E-state index contributed by atoms with van der Waals surface area (Å²) in [7, 11) is 0. The number of fused-ring (bicyclic) bond motifs is 1. The van der Waals surface area contributed by atoms with Crippen molar-refractivity contribution in [2.75, 3.05) is 0 Å². The fourth-order valence-electron chi connectivity index (χ4n) is 2.18. The summed E-state index contributed by atoms with van der Waals surface area (Å²) in [4.78, 5) is 0. The van der Waals surface area contributed by atoms with Gasteiger partial charge in [-0.2, -0.15) is 0 Å². The molecule has 0 aromatic heterocycles. The molecule has 1 fully saturated rings. The lowest BCUT2D eigenvalue weighted by molar-refractivity contribution is 0.654. The fraction of sp³-hybridized carbons (Fsp3) is 0.455. The maximum absolute atomic E-state index is 6.62. The average molecular weight is 288 g/mol. The van der Waals surface area contributed by atoms with Gasteiger partial charge in [0.2, 0.25) is 0 Å². The van der Waals surface area contributed by atoms with Gasteiger partial charge in [-0.25, -0.2) is 0 Å². The normalized spacial score (nSPS) is 35.5. The van der Waals surface area contributed by atoms with E-state index in [1.807, 2.05) is 6.20 Å². The highest BCUT2D eigenvalue weighted by Crippen LogP contribution is 2.61. The first-order valence-electron chi connectivity index (χ1n) is 5.07. The Morgan fingerprint density at radius 2 is 2.13 bits per heavy atom. The number of halogens is 2. The number of rotatable bonds is 1. The van der Waals surface area contributed by atoms with E-state index in [9.17, 15) is 0 Å². The Balaban J connectivity index is 2.09. The summed E-state index contributed by atoms with van der Waals surface area (Å²) in [5.41, 5.74) is 9.74. The molecule has 1 unspecified atom stereocenters. The van der Waals surface area contributed by atoms with Crippen molar-refractivity contribution in [3.63, 3.8) is 0 Å². The van der Waals surface area contributed by atoms with E-state index in [2.05, 4.69) is 45.9 Å². The molecule has 0 spiro atoms. The van der Waals surface area contributed by atoms with E-state index in [0.717, 1.165) is 11.3 Å². The lowest BCUT2D eigenvalue weighted by Crippen LogP contribution is -2.29. The number of hydrogen-bond donors (Lipinski definition) is 2. The van der Waals surface area contributed by atoms with Crippen LogP contribution in [-0.2, 0) is 0 Å². The Bertz CT molecular complexity index is 416. The predicted molar refractivity (Wildman–Crippen MR) is 65.4 cm³/mol. The second-order valence-electron chi connectivity index (χ2n) is 4.62. The molecule has 15 heavy (non-hydrogen) atoms. The van der Waals surface area contributed by atoms with Crippen LogP contribution in [0.4, 0.5) is 0 Å². The van der Waals surface area contributed by atoms with Gasteiger partial charge in [0.25, 0.3) is 0 Å². The number of nitrogens with one attached hydrogen (secondary N) is 2. The Hall–Kier alpha value is -0.410. The van der Waals surface area contributed by atoms with Crippen LogP contribution in [0.1, 0.15) is 19.8 Å². The number of hydrogen-bond acceptors (Lipinski definition) is 2. The first kappa shape index (κ1) is 9.79. The molecule has 0 aromatic carbocycles. The van der Waals surface area contributed by atoms with E-state index in [4.69, 9.17) is 11.6 Å². The molecule has 0 aromatic rings. The van der Waals surface area contributed by atoms with Gasteiger partial charge in [0.1, 0.15) is 3.78 Å². The molecular weight excluding hydrogens is 275 g/mol. The van der Waals surface area contributed by atoms with Crippen LogP contribution >= 0.6 is 27.5 Å². The van der Waals surface area contributed by atoms with Crippen LogP contribution < -0.4 is 10.9 Å². The highest BCUT2D eigenvalue weighted by Gasteiger charge is 2.52. The van der Waals surface area contributed by atoms with Crippen molar-refractivity contribution in [1.82, 2.24) is 10.9 Å². The minimum Gasteiger partial charge on any atom is -0.308 e. The van der Waals surface area contributed by atoms with E-state index in [1.54, 1.807) is 0 Å². The van der Waals surface area contributed by atoms with Crippen LogP contribution in [-0.4, -0.2) is 3.78 Å². The molecule has 1 saturated carbocycles. The molecule has 1 aliphatic heterocycles. The van der Waals surface area contributed by atoms with Gasteiger partial charge < -0.3 is 10.9 Å². The van der Waals surface area contributed by atoms with Crippen LogP contribution in [0.15, 0.2) is 35.2 Å². The molecule has 2 nitrogen and oxygen atoms in total. The molecular formula is C11H12BrClN2. The summed E-state index contributed by atoms with van der Waals surface area (Å²) in [5.74, 6) is 0. The molecule has 3 rings (SSSR count). The van der Waals surface area contributed by atoms with Crippen molar-refractivity contribution in [2.24, 2.45) is 5.41 Å². The van der Waals surface area contributed by atoms with Gasteiger partial charge in [0.15, 0.2) is 0 Å². The minimum atomic E-state index is -0.543. The summed E-state index contributed by atoms with van der Waals surface area (Å²) in [6, 6.07) is 0. The van der Waals surface area contributed by atoms with Crippen molar-refractivity contribution in [1.29, 1.82) is 0 Å². The summed E-state index contributed by atoms with van der Waals surface area (Å²) in [6.07, 6.45) is 8.62. The van der Waals surface area contributed by atoms with Gasteiger partial charge in [-0.3, -0.25) is 0 Å². The maximum Gasteiger partial charge on any atom is 0.149 e. The molecule has 0 amide bonds. The summed E-state index contributed by atoms with van der Waals surface area (Å²) < 4.78 is -0.543. The zero-order valence-electron chi connectivity index (χ0n) is 8.40. The summed E-state index contributed by atoms with van der Waals surface area (Å²) >= 11 is 10.3. The monoisotopic (exact) mass is 286 g/mol. The third kappa shape index (κ3) is 1.29. The third-order valence-electron chi connectivity index (χ3n) is 3.46.